The number of aromatic nitrogens is 2. The van der Waals surface area contributed by atoms with Crippen molar-refractivity contribution in [1.29, 1.82) is 0 Å². The summed E-state index contributed by atoms with van der Waals surface area (Å²) in [6.45, 7) is 3.73. The smallest absolute Gasteiger partial charge is 0.186 e. The predicted octanol–water partition coefficient (Wildman–Crippen LogP) is 2.41. The number of nitrogens with zero attached hydrogens (tertiary/aromatic N) is 1. The van der Waals surface area contributed by atoms with E-state index in [1.165, 1.54) is 0 Å². The number of benzene rings is 1. The molecule has 0 aliphatic carbocycles. The molecule has 2 rings (SSSR count). The highest BCUT2D eigenvalue weighted by molar-refractivity contribution is 6.06. The number of fused-ring (bicyclic) bond motifs is 1. The lowest BCUT2D eigenvalue weighted by molar-refractivity contribution is 0.0936. The molecule has 1 heterocycles. The van der Waals surface area contributed by atoms with Gasteiger partial charge in [-0.15, -0.1) is 0 Å². The van der Waals surface area contributed by atoms with Gasteiger partial charge in [-0.3, -0.25) is 9.89 Å². The van der Waals surface area contributed by atoms with Crippen molar-refractivity contribution in [3.8, 4) is 5.75 Å². The number of hydrogen-bond acceptors (Lipinski definition) is 3. The molecule has 84 valence electrons. The molecule has 1 aromatic heterocycles. The fourth-order valence-corrected chi connectivity index (χ4v) is 1.59. The quantitative estimate of drug-likeness (QED) is 0.805. The molecular formula is C12H14N2O2. The van der Waals surface area contributed by atoms with Gasteiger partial charge in [0.25, 0.3) is 0 Å². The van der Waals surface area contributed by atoms with E-state index >= 15 is 0 Å². The summed E-state index contributed by atoms with van der Waals surface area (Å²) in [5.41, 5.74) is 1.33. The van der Waals surface area contributed by atoms with Crippen LogP contribution in [0.25, 0.3) is 10.9 Å². The van der Waals surface area contributed by atoms with Crippen molar-refractivity contribution in [1.82, 2.24) is 10.2 Å². The van der Waals surface area contributed by atoms with E-state index in [9.17, 15) is 4.79 Å². The third-order valence-corrected chi connectivity index (χ3v) is 2.53. The highest BCUT2D eigenvalue weighted by Gasteiger charge is 2.17. The van der Waals surface area contributed by atoms with E-state index in [0.29, 0.717) is 5.69 Å². The Bertz CT molecular complexity index is 529. The molecule has 1 aromatic carbocycles. The number of aromatic amines is 1. The fourth-order valence-electron chi connectivity index (χ4n) is 1.59. The summed E-state index contributed by atoms with van der Waals surface area (Å²) < 4.78 is 5.11. The van der Waals surface area contributed by atoms with E-state index in [0.717, 1.165) is 16.7 Å². The summed E-state index contributed by atoms with van der Waals surface area (Å²) >= 11 is 0. The highest BCUT2D eigenvalue weighted by Crippen LogP contribution is 2.23. The molecule has 0 spiro atoms. The van der Waals surface area contributed by atoms with Crippen molar-refractivity contribution in [3.63, 3.8) is 0 Å². The van der Waals surface area contributed by atoms with Crippen LogP contribution in [-0.4, -0.2) is 23.1 Å². The van der Waals surface area contributed by atoms with E-state index < -0.39 is 0 Å². The molecule has 0 unspecified atom stereocenters. The molecule has 0 fully saturated rings. The van der Waals surface area contributed by atoms with E-state index in [-0.39, 0.29) is 11.7 Å². The molecule has 0 atom stereocenters. The van der Waals surface area contributed by atoms with Crippen LogP contribution < -0.4 is 4.74 Å². The van der Waals surface area contributed by atoms with Crippen LogP contribution in [0.5, 0.6) is 5.75 Å². The summed E-state index contributed by atoms with van der Waals surface area (Å²) in [4.78, 5) is 11.9. The minimum atomic E-state index is -0.0476. The summed E-state index contributed by atoms with van der Waals surface area (Å²) in [5.74, 6) is 0.754. The van der Waals surface area contributed by atoms with E-state index in [1.807, 2.05) is 32.0 Å². The molecule has 16 heavy (non-hydrogen) atoms. The number of H-pyrrole nitrogens is 1. The second-order valence-corrected chi connectivity index (χ2v) is 4.00. The van der Waals surface area contributed by atoms with Crippen LogP contribution in [0.3, 0.4) is 0 Å². The molecular weight excluding hydrogens is 204 g/mol. The van der Waals surface area contributed by atoms with Crippen LogP contribution in [0.15, 0.2) is 18.2 Å². The zero-order valence-corrected chi connectivity index (χ0v) is 9.57. The first kappa shape index (κ1) is 10.7. The number of ether oxygens (including phenoxy) is 1. The number of Topliss-reactive ketones (excluding diaryl/α,β-unsaturated/α-hetero) is 1. The number of rotatable bonds is 3. The SMILES string of the molecule is COc1ccc2c(C(=O)C(C)C)n[nH]c2c1. The van der Waals surface area contributed by atoms with E-state index in [4.69, 9.17) is 4.74 Å². The Hall–Kier alpha value is -1.84. The van der Waals surface area contributed by atoms with Gasteiger partial charge in [-0.05, 0) is 12.1 Å². The number of hydrogen-bond donors (Lipinski definition) is 1. The monoisotopic (exact) mass is 218 g/mol. The lowest BCUT2D eigenvalue weighted by Crippen LogP contribution is -2.08. The normalized spacial score (nSPS) is 11.0. The third-order valence-electron chi connectivity index (χ3n) is 2.53. The van der Waals surface area contributed by atoms with E-state index in [1.54, 1.807) is 7.11 Å². The summed E-state index contributed by atoms with van der Waals surface area (Å²) in [6, 6.07) is 5.52. The number of carbonyl (C=O) groups excluding carboxylic acids is 1. The van der Waals surface area contributed by atoms with Gasteiger partial charge in [0.05, 0.1) is 12.6 Å². The molecule has 0 saturated heterocycles. The Morgan fingerprint density at radius 1 is 1.44 bits per heavy atom. The van der Waals surface area contributed by atoms with Gasteiger partial charge in [0.15, 0.2) is 5.78 Å². The van der Waals surface area contributed by atoms with Gasteiger partial charge in [-0.2, -0.15) is 5.10 Å². The molecule has 4 nitrogen and oxygen atoms in total. The Morgan fingerprint density at radius 2 is 2.19 bits per heavy atom. The number of nitrogens with one attached hydrogen (secondary N) is 1. The van der Waals surface area contributed by atoms with Gasteiger partial charge >= 0.3 is 0 Å². The Labute approximate surface area is 93.6 Å². The second kappa shape index (κ2) is 3.96. The zero-order chi connectivity index (χ0) is 11.7. The molecule has 4 heteroatoms. The molecule has 1 N–H and O–H groups in total. The third kappa shape index (κ3) is 1.66. The molecule has 0 bridgehead atoms. The molecule has 0 radical (unpaired) electrons. The average molecular weight is 218 g/mol. The predicted molar refractivity (Wildman–Crippen MR) is 61.8 cm³/mol. The largest absolute Gasteiger partial charge is 0.497 e. The highest BCUT2D eigenvalue weighted by atomic mass is 16.5. The van der Waals surface area contributed by atoms with Gasteiger partial charge in [-0.1, -0.05) is 13.8 Å². The lowest BCUT2D eigenvalue weighted by atomic mass is 10.0. The minimum Gasteiger partial charge on any atom is -0.497 e. The van der Waals surface area contributed by atoms with Crippen LogP contribution in [-0.2, 0) is 0 Å². The number of carbonyl (C=O) groups is 1. The Morgan fingerprint density at radius 3 is 2.81 bits per heavy atom. The van der Waals surface area contributed by atoms with Crippen LogP contribution in [0.4, 0.5) is 0 Å². The van der Waals surface area contributed by atoms with E-state index in [2.05, 4.69) is 10.2 Å². The van der Waals surface area contributed by atoms with Gasteiger partial charge < -0.3 is 4.74 Å². The Balaban J connectivity index is 2.53. The van der Waals surface area contributed by atoms with Crippen molar-refractivity contribution in [2.75, 3.05) is 7.11 Å². The first-order chi connectivity index (χ1) is 7.63. The number of ketones is 1. The van der Waals surface area contributed by atoms with Gasteiger partial charge in [0.2, 0.25) is 0 Å². The van der Waals surface area contributed by atoms with Crippen LogP contribution >= 0.6 is 0 Å². The maximum absolute atomic E-state index is 11.9. The first-order valence-electron chi connectivity index (χ1n) is 5.20. The minimum absolute atomic E-state index is 0.0476. The summed E-state index contributed by atoms with van der Waals surface area (Å²) in [7, 11) is 1.61. The molecule has 0 aliphatic heterocycles. The van der Waals surface area contributed by atoms with Crippen molar-refractivity contribution in [2.45, 2.75) is 13.8 Å². The summed E-state index contributed by atoms with van der Waals surface area (Å²) in [5, 5.41) is 7.76. The number of methoxy groups -OCH3 is 1. The first-order valence-corrected chi connectivity index (χ1v) is 5.20. The van der Waals surface area contributed by atoms with Crippen molar-refractivity contribution >= 4 is 16.7 Å². The molecule has 0 aliphatic rings. The van der Waals surface area contributed by atoms with Crippen molar-refractivity contribution in [2.24, 2.45) is 5.92 Å². The van der Waals surface area contributed by atoms with Gasteiger partial charge in [0, 0.05) is 17.4 Å². The fraction of sp³-hybridized carbons (Fsp3) is 0.333. The topological polar surface area (TPSA) is 55.0 Å². The average Bonchev–Trinajstić information content (AvgIpc) is 2.70. The van der Waals surface area contributed by atoms with Crippen LogP contribution in [0, 0.1) is 5.92 Å². The summed E-state index contributed by atoms with van der Waals surface area (Å²) in [6.07, 6.45) is 0. The Kier molecular flexibility index (Phi) is 2.64. The maximum atomic E-state index is 11.9. The standard InChI is InChI=1S/C12H14N2O2/c1-7(2)12(15)11-9-5-4-8(16-3)6-10(9)13-14-11/h4-7H,1-3H3,(H,13,14). The molecule has 0 amide bonds. The van der Waals surface area contributed by atoms with Crippen LogP contribution in [0.2, 0.25) is 0 Å². The van der Waals surface area contributed by atoms with Gasteiger partial charge in [-0.25, -0.2) is 0 Å². The maximum Gasteiger partial charge on any atom is 0.186 e. The lowest BCUT2D eigenvalue weighted by Gasteiger charge is -2.01. The zero-order valence-electron chi connectivity index (χ0n) is 9.57. The van der Waals surface area contributed by atoms with Crippen LogP contribution in [0.1, 0.15) is 24.3 Å². The molecule has 2 aromatic rings. The van der Waals surface area contributed by atoms with Gasteiger partial charge in [0.1, 0.15) is 11.4 Å². The second-order valence-electron chi connectivity index (χ2n) is 4.00. The van der Waals surface area contributed by atoms with Crippen molar-refractivity contribution in [3.05, 3.63) is 23.9 Å². The van der Waals surface area contributed by atoms with Crippen molar-refractivity contribution < 1.29 is 9.53 Å². The molecule has 0 saturated carbocycles.